The fraction of sp³-hybridized carbons (Fsp3) is 0.929. The van der Waals surface area contributed by atoms with Gasteiger partial charge in [-0.05, 0) is 46.0 Å². The molecule has 112 valence electrons. The zero-order valence-electron chi connectivity index (χ0n) is 12.6. The van der Waals surface area contributed by atoms with Crippen LogP contribution in [0.3, 0.4) is 0 Å². The fourth-order valence-electron chi connectivity index (χ4n) is 2.49. The summed E-state index contributed by atoms with van der Waals surface area (Å²) in [5.41, 5.74) is -0.226. The van der Waals surface area contributed by atoms with E-state index in [1.54, 1.807) is 7.11 Å². The first-order chi connectivity index (χ1) is 8.88. The first-order valence-electron chi connectivity index (χ1n) is 7.09. The van der Waals surface area contributed by atoms with Crippen molar-refractivity contribution in [1.29, 1.82) is 0 Å². The van der Waals surface area contributed by atoms with Gasteiger partial charge in [0.2, 0.25) is 0 Å². The number of rotatable bonds is 5. The lowest BCUT2D eigenvalue weighted by atomic mass is 9.98. The number of likely N-dealkylation sites (tertiary alicyclic amines) is 1. The van der Waals surface area contributed by atoms with E-state index >= 15 is 0 Å². The molecule has 2 N–H and O–H groups in total. The molecule has 0 saturated carbocycles. The Kier molecular flexibility index (Phi) is 6.07. The summed E-state index contributed by atoms with van der Waals surface area (Å²) < 4.78 is 5.37. The number of nitrogens with zero attached hydrogens (tertiary/aromatic N) is 1. The average Bonchev–Trinajstić information content (AvgIpc) is 2.38. The molecule has 0 bridgehead atoms. The van der Waals surface area contributed by atoms with Gasteiger partial charge in [-0.3, -0.25) is 0 Å². The molecule has 5 nitrogen and oxygen atoms in total. The lowest BCUT2D eigenvalue weighted by molar-refractivity contribution is 0.00899. The second kappa shape index (κ2) is 7.10. The van der Waals surface area contributed by atoms with Gasteiger partial charge in [0.15, 0.2) is 0 Å². The van der Waals surface area contributed by atoms with Gasteiger partial charge in [-0.15, -0.1) is 0 Å². The Bertz CT molecular complexity index is 286. The number of ether oxygens (including phenoxy) is 1. The third-order valence-electron chi connectivity index (χ3n) is 3.88. The number of nitrogens with one attached hydrogen (secondary N) is 1. The zero-order valence-corrected chi connectivity index (χ0v) is 12.6. The highest BCUT2D eigenvalue weighted by atomic mass is 16.5. The van der Waals surface area contributed by atoms with E-state index in [2.05, 4.69) is 5.32 Å². The highest BCUT2D eigenvalue weighted by Gasteiger charge is 2.25. The first kappa shape index (κ1) is 16.2. The van der Waals surface area contributed by atoms with Gasteiger partial charge < -0.3 is 20.1 Å². The van der Waals surface area contributed by atoms with E-state index in [4.69, 9.17) is 9.84 Å². The number of methoxy groups -OCH3 is 1. The number of hydrogen-bond donors (Lipinski definition) is 2. The van der Waals surface area contributed by atoms with E-state index in [0.717, 1.165) is 32.4 Å². The van der Waals surface area contributed by atoms with E-state index in [-0.39, 0.29) is 24.3 Å². The molecule has 0 aliphatic carbocycles. The molecule has 0 unspecified atom stereocenters. The van der Waals surface area contributed by atoms with Crippen molar-refractivity contribution >= 4 is 6.03 Å². The molecule has 0 aromatic rings. The first-order valence-corrected chi connectivity index (χ1v) is 7.09. The van der Waals surface area contributed by atoms with Crippen LogP contribution in [0.15, 0.2) is 0 Å². The van der Waals surface area contributed by atoms with Crippen LogP contribution in [0.4, 0.5) is 4.79 Å². The number of piperidine rings is 1. The summed E-state index contributed by atoms with van der Waals surface area (Å²) in [6, 6.07) is 0.0776. The second-order valence-electron chi connectivity index (χ2n) is 6.13. The van der Waals surface area contributed by atoms with E-state index in [0.29, 0.717) is 5.92 Å². The lowest BCUT2D eigenvalue weighted by Crippen LogP contribution is -2.48. The van der Waals surface area contributed by atoms with E-state index in [1.807, 2.05) is 25.7 Å². The Morgan fingerprint density at radius 2 is 2.05 bits per heavy atom. The van der Waals surface area contributed by atoms with Gasteiger partial charge in [-0.25, -0.2) is 4.79 Å². The van der Waals surface area contributed by atoms with Gasteiger partial charge in [0.25, 0.3) is 0 Å². The number of hydrogen-bond acceptors (Lipinski definition) is 3. The molecule has 1 saturated heterocycles. The SMILES string of the molecule is COC(C)(C)C[C@@H](C)NC(=O)N1CCC(CO)CC1. The Labute approximate surface area is 116 Å². The number of urea groups is 1. The number of amides is 2. The minimum Gasteiger partial charge on any atom is -0.396 e. The average molecular weight is 272 g/mol. The molecule has 0 spiro atoms. The lowest BCUT2D eigenvalue weighted by Gasteiger charge is -2.33. The molecule has 0 aromatic heterocycles. The van der Waals surface area contributed by atoms with Crippen LogP contribution in [-0.2, 0) is 4.74 Å². The van der Waals surface area contributed by atoms with Crippen LogP contribution in [0.25, 0.3) is 0 Å². The van der Waals surface area contributed by atoms with Gasteiger partial charge in [0.1, 0.15) is 0 Å². The Hall–Kier alpha value is -0.810. The van der Waals surface area contributed by atoms with Crippen LogP contribution >= 0.6 is 0 Å². The minimum absolute atomic E-state index is 0.00390. The maximum absolute atomic E-state index is 12.1. The Morgan fingerprint density at radius 1 is 1.47 bits per heavy atom. The van der Waals surface area contributed by atoms with E-state index < -0.39 is 0 Å². The predicted molar refractivity (Wildman–Crippen MR) is 75.1 cm³/mol. The molecule has 1 atom stereocenters. The molecule has 1 heterocycles. The normalized spacial score (nSPS) is 19.3. The van der Waals surface area contributed by atoms with Crippen molar-refractivity contribution in [3.05, 3.63) is 0 Å². The molecule has 1 aliphatic heterocycles. The van der Waals surface area contributed by atoms with Crippen LogP contribution in [0.2, 0.25) is 0 Å². The van der Waals surface area contributed by atoms with Crippen molar-refractivity contribution in [2.45, 2.75) is 51.7 Å². The molecule has 0 aromatic carbocycles. The van der Waals surface area contributed by atoms with Gasteiger partial charge >= 0.3 is 6.03 Å². The standard InChI is InChI=1S/C14H28N2O3/c1-11(9-14(2,3)19-4)15-13(18)16-7-5-12(10-17)6-8-16/h11-12,17H,5-10H2,1-4H3,(H,15,18)/t11-/m1/s1. The van der Waals surface area contributed by atoms with E-state index in [1.165, 1.54) is 0 Å². The van der Waals surface area contributed by atoms with Crippen molar-refractivity contribution < 1.29 is 14.6 Å². The van der Waals surface area contributed by atoms with Gasteiger partial charge in [-0.1, -0.05) is 0 Å². The molecule has 2 amide bonds. The maximum atomic E-state index is 12.1. The Balaban J connectivity index is 2.35. The number of aliphatic hydroxyl groups is 1. The van der Waals surface area contributed by atoms with Crippen molar-refractivity contribution in [1.82, 2.24) is 10.2 Å². The summed E-state index contributed by atoms with van der Waals surface area (Å²) in [6.45, 7) is 7.73. The molecule has 1 rings (SSSR count). The van der Waals surface area contributed by atoms with Crippen molar-refractivity contribution in [3.63, 3.8) is 0 Å². The summed E-state index contributed by atoms with van der Waals surface area (Å²) in [7, 11) is 1.69. The summed E-state index contributed by atoms with van der Waals surface area (Å²) in [5.74, 6) is 0.355. The zero-order chi connectivity index (χ0) is 14.5. The predicted octanol–water partition coefficient (Wildman–Crippen LogP) is 1.60. The van der Waals surface area contributed by atoms with Crippen LogP contribution < -0.4 is 5.32 Å². The van der Waals surface area contributed by atoms with E-state index in [9.17, 15) is 4.79 Å². The second-order valence-corrected chi connectivity index (χ2v) is 6.13. The van der Waals surface area contributed by atoms with Crippen LogP contribution in [0, 0.1) is 5.92 Å². The molecule has 0 radical (unpaired) electrons. The quantitative estimate of drug-likeness (QED) is 0.799. The molecule has 1 aliphatic rings. The summed E-state index contributed by atoms with van der Waals surface area (Å²) in [5, 5.41) is 12.1. The summed E-state index contributed by atoms with van der Waals surface area (Å²) in [4.78, 5) is 13.9. The number of carbonyl (C=O) groups is 1. The fourth-order valence-corrected chi connectivity index (χ4v) is 2.49. The molecule has 19 heavy (non-hydrogen) atoms. The minimum atomic E-state index is -0.226. The van der Waals surface area contributed by atoms with Gasteiger partial charge in [0, 0.05) is 32.8 Å². The summed E-state index contributed by atoms with van der Waals surface area (Å²) in [6.07, 6.45) is 2.56. The topological polar surface area (TPSA) is 61.8 Å². The molecular weight excluding hydrogens is 244 g/mol. The largest absolute Gasteiger partial charge is 0.396 e. The van der Waals surface area contributed by atoms with Crippen LogP contribution in [-0.4, -0.2) is 54.5 Å². The maximum Gasteiger partial charge on any atom is 0.317 e. The summed E-state index contributed by atoms with van der Waals surface area (Å²) >= 11 is 0. The third-order valence-corrected chi connectivity index (χ3v) is 3.88. The molecule has 5 heteroatoms. The highest BCUT2D eigenvalue weighted by Crippen LogP contribution is 2.18. The third kappa shape index (κ3) is 5.37. The Morgan fingerprint density at radius 3 is 2.53 bits per heavy atom. The molecule has 1 fully saturated rings. The number of aliphatic hydroxyl groups excluding tert-OH is 1. The monoisotopic (exact) mass is 272 g/mol. The van der Waals surface area contributed by atoms with Crippen LogP contribution in [0.1, 0.15) is 40.0 Å². The van der Waals surface area contributed by atoms with Gasteiger partial charge in [-0.2, -0.15) is 0 Å². The smallest absolute Gasteiger partial charge is 0.317 e. The van der Waals surface area contributed by atoms with Gasteiger partial charge in [0.05, 0.1) is 5.60 Å². The number of carbonyl (C=O) groups excluding carboxylic acids is 1. The van der Waals surface area contributed by atoms with Crippen LogP contribution in [0.5, 0.6) is 0 Å². The van der Waals surface area contributed by atoms with Crippen molar-refractivity contribution in [2.75, 3.05) is 26.8 Å². The highest BCUT2D eigenvalue weighted by molar-refractivity contribution is 5.74. The molecular formula is C14H28N2O3. The van der Waals surface area contributed by atoms with Crippen molar-refractivity contribution in [3.8, 4) is 0 Å². The van der Waals surface area contributed by atoms with Crippen molar-refractivity contribution in [2.24, 2.45) is 5.92 Å².